The highest BCUT2D eigenvalue weighted by Gasteiger charge is 2.27. The Morgan fingerprint density at radius 1 is 1.03 bits per heavy atom. The van der Waals surface area contributed by atoms with Gasteiger partial charge in [0.2, 0.25) is 6.29 Å². The molecule has 168 valence electrons. The molecular formula is C23H25Cl2F3N2O. The number of carbonyl (C=O) groups excluding carboxylic acids is 1. The summed E-state index contributed by atoms with van der Waals surface area (Å²) in [6, 6.07) is 13.1. The maximum absolute atomic E-state index is 10.4. The molecule has 4 rings (SSSR count). The van der Waals surface area contributed by atoms with Crippen LogP contribution in [0.2, 0.25) is 10.0 Å². The Morgan fingerprint density at radius 3 is 2.23 bits per heavy atom. The third-order valence-electron chi connectivity index (χ3n) is 5.64. The molecule has 2 heterocycles. The minimum absolute atomic E-state index is 0.320. The van der Waals surface area contributed by atoms with E-state index >= 15 is 0 Å². The second-order valence-corrected chi connectivity index (χ2v) is 8.85. The Balaban J connectivity index is 0.000000401. The van der Waals surface area contributed by atoms with Crippen molar-refractivity contribution in [2.75, 3.05) is 31.6 Å². The van der Waals surface area contributed by atoms with Crippen LogP contribution >= 0.6 is 23.2 Å². The largest absolute Gasteiger partial charge is 0.446 e. The average molecular weight is 473 g/mol. The number of hydrogen-bond acceptors (Lipinski definition) is 3. The lowest BCUT2D eigenvalue weighted by Gasteiger charge is -2.34. The lowest BCUT2D eigenvalue weighted by Crippen LogP contribution is -2.31. The van der Waals surface area contributed by atoms with Crippen molar-refractivity contribution in [1.82, 2.24) is 4.90 Å². The van der Waals surface area contributed by atoms with Crippen LogP contribution in [0.4, 0.5) is 18.9 Å². The van der Waals surface area contributed by atoms with E-state index in [0.29, 0.717) is 5.92 Å². The second kappa shape index (κ2) is 10.2. The Labute approximate surface area is 190 Å². The van der Waals surface area contributed by atoms with E-state index in [0.717, 1.165) is 23.1 Å². The number of nitrogens with zero attached hydrogens (tertiary/aromatic N) is 2. The molecule has 2 aromatic rings. The van der Waals surface area contributed by atoms with Crippen LogP contribution in [0.15, 0.2) is 36.4 Å². The summed E-state index contributed by atoms with van der Waals surface area (Å²) in [7, 11) is 2.16. The monoisotopic (exact) mass is 472 g/mol. The minimum Gasteiger partial charge on any atom is -0.372 e. The lowest BCUT2D eigenvalue weighted by molar-refractivity contribution is -0.156. The maximum Gasteiger partial charge on any atom is 0.446 e. The second-order valence-electron chi connectivity index (χ2n) is 8.00. The number of fused-ring (bicyclic) bond motifs is 1. The number of hydrogen-bond donors (Lipinski definition) is 0. The lowest BCUT2D eigenvalue weighted by atomic mass is 9.84. The highest BCUT2D eigenvalue weighted by molar-refractivity contribution is 6.35. The van der Waals surface area contributed by atoms with Crippen LogP contribution in [0.25, 0.3) is 0 Å². The van der Waals surface area contributed by atoms with Crippen molar-refractivity contribution in [3.8, 4) is 0 Å². The van der Waals surface area contributed by atoms with Crippen LogP contribution in [-0.2, 0) is 11.3 Å². The Morgan fingerprint density at radius 2 is 1.65 bits per heavy atom. The zero-order chi connectivity index (χ0) is 22.6. The van der Waals surface area contributed by atoms with E-state index in [2.05, 4.69) is 47.2 Å². The van der Waals surface area contributed by atoms with Crippen molar-refractivity contribution in [3.63, 3.8) is 0 Å². The van der Waals surface area contributed by atoms with E-state index in [1.807, 2.05) is 6.07 Å². The zero-order valence-electron chi connectivity index (χ0n) is 17.3. The number of likely N-dealkylation sites (N-methyl/N-ethyl adjacent to an activating group) is 1. The molecule has 8 heteroatoms. The Kier molecular flexibility index (Phi) is 7.89. The predicted molar refractivity (Wildman–Crippen MR) is 119 cm³/mol. The van der Waals surface area contributed by atoms with Crippen LogP contribution in [0.5, 0.6) is 0 Å². The van der Waals surface area contributed by atoms with Gasteiger partial charge in [0.05, 0.1) is 0 Å². The molecule has 1 saturated heterocycles. The maximum atomic E-state index is 10.4. The predicted octanol–water partition coefficient (Wildman–Crippen LogP) is 6.31. The first kappa shape index (κ1) is 23.9. The number of piperidine rings is 1. The van der Waals surface area contributed by atoms with Gasteiger partial charge < -0.3 is 9.80 Å². The van der Waals surface area contributed by atoms with Crippen molar-refractivity contribution in [1.29, 1.82) is 0 Å². The highest BCUT2D eigenvalue weighted by Crippen LogP contribution is 2.38. The molecule has 0 amide bonds. The fourth-order valence-electron chi connectivity index (χ4n) is 4.20. The molecule has 0 radical (unpaired) electrons. The summed E-state index contributed by atoms with van der Waals surface area (Å²) < 4.78 is 31.2. The molecule has 2 aromatic carbocycles. The molecule has 3 nitrogen and oxygen atoms in total. The van der Waals surface area contributed by atoms with E-state index in [1.165, 1.54) is 54.7 Å². The molecule has 0 aromatic heterocycles. The number of carbonyl (C=O) groups is 1. The van der Waals surface area contributed by atoms with Gasteiger partial charge in [-0.05, 0) is 67.3 Å². The van der Waals surface area contributed by atoms with E-state index in [9.17, 15) is 13.2 Å². The van der Waals surface area contributed by atoms with Gasteiger partial charge in [0, 0.05) is 47.8 Å². The van der Waals surface area contributed by atoms with Crippen molar-refractivity contribution >= 4 is 35.2 Å². The van der Waals surface area contributed by atoms with Crippen LogP contribution in [0.3, 0.4) is 0 Å². The first-order valence-corrected chi connectivity index (χ1v) is 11.0. The van der Waals surface area contributed by atoms with E-state index < -0.39 is 12.5 Å². The molecule has 31 heavy (non-hydrogen) atoms. The van der Waals surface area contributed by atoms with Crippen LogP contribution in [0, 0.1) is 0 Å². The molecule has 1 atom stereocenters. The topological polar surface area (TPSA) is 23.6 Å². The van der Waals surface area contributed by atoms with Gasteiger partial charge in [0.15, 0.2) is 0 Å². The van der Waals surface area contributed by atoms with Crippen LogP contribution in [0.1, 0.15) is 41.9 Å². The molecule has 1 fully saturated rings. The fraction of sp³-hybridized carbons (Fsp3) is 0.435. The number of benzene rings is 2. The van der Waals surface area contributed by atoms with Gasteiger partial charge in [0.25, 0.3) is 0 Å². The zero-order valence-corrected chi connectivity index (χ0v) is 18.8. The van der Waals surface area contributed by atoms with Crippen LogP contribution < -0.4 is 4.90 Å². The highest BCUT2D eigenvalue weighted by atomic mass is 35.5. The summed E-state index contributed by atoms with van der Waals surface area (Å²) in [4.78, 5) is 13.5. The van der Waals surface area contributed by atoms with E-state index in [4.69, 9.17) is 28.0 Å². The molecule has 0 bridgehead atoms. The molecule has 0 aliphatic carbocycles. The van der Waals surface area contributed by atoms with Crippen molar-refractivity contribution in [3.05, 3.63) is 63.1 Å². The van der Waals surface area contributed by atoms with Gasteiger partial charge in [-0.3, -0.25) is 4.79 Å². The molecule has 0 spiro atoms. The summed E-state index contributed by atoms with van der Waals surface area (Å²) in [6.45, 7) is 4.24. The number of anilines is 1. The average Bonchev–Trinajstić information content (AvgIpc) is 2.74. The number of aldehydes is 1. The van der Waals surface area contributed by atoms with Gasteiger partial charge in [-0.25, -0.2) is 0 Å². The first-order chi connectivity index (χ1) is 14.7. The van der Waals surface area contributed by atoms with Crippen molar-refractivity contribution < 1.29 is 18.0 Å². The van der Waals surface area contributed by atoms with Gasteiger partial charge >= 0.3 is 6.18 Å². The van der Waals surface area contributed by atoms with Gasteiger partial charge in [-0.2, -0.15) is 13.2 Å². The minimum atomic E-state index is -4.64. The molecular weight excluding hydrogens is 448 g/mol. The summed E-state index contributed by atoms with van der Waals surface area (Å²) in [5, 5.41) is 1.51. The van der Waals surface area contributed by atoms with Crippen LogP contribution in [-0.4, -0.2) is 44.0 Å². The number of alkyl halides is 3. The number of rotatable bonds is 2. The van der Waals surface area contributed by atoms with Crippen molar-refractivity contribution in [2.45, 2.75) is 37.9 Å². The third-order valence-corrected chi connectivity index (χ3v) is 6.20. The molecule has 2 aliphatic heterocycles. The normalized spacial score (nSPS) is 19.3. The summed E-state index contributed by atoms with van der Waals surface area (Å²) in [6.07, 6.45) is -1.73. The fourth-order valence-corrected chi connectivity index (χ4v) is 4.77. The number of halogens is 5. The quantitative estimate of drug-likeness (QED) is 0.478. The van der Waals surface area contributed by atoms with Gasteiger partial charge in [-0.1, -0.05) is 35.3 Å². The summed E-state index contributed by atoms with van der Waals surface area (Å²) in [5.41, 5.74) is 5.18. The third kappa shape index (κ3) is 6.37. The molecule has 1 unspecified atom stereocenters. The van der Waals surface area contributed by atoms with Gasteiger partial charge in [-0.15, -0.1) is 0 Å². The standard InChI is InChI=1S/C21H24Cl2N2.C2HF3O/c1-24-13-19(18-11-16(22)12-21(23)20(18)14-24)15-5-7-17(8-6-15)25-9-3-2-4-10-25;3-2(4,5)1-6/h5-8,11-12,19H,2-4,9-10,13-14H2,1H3;1H. The molecule has 0 N–H and O–H groups in total. The summed E-state index contributed by atoms with van der Waals surface area (Å²) in [5.74, 6) is 0.320. The van der Waals surface area contributed by atoms with E-state index in [1.54, 1.807) is 0 Å². The van der Waals surface area contributed by atoms with Crippen molar-refractivity contribution in [2.24, 2.45) is 0 Å². The first-order valence-electron chi connectivity index (χ1n) is 10.2. The molecule has 0 saturated carbocycles. The Hall–Kier alpha value is -1.76. The van der Waals surface area contributed by atoms with Gasteiger partial charge in [0.1, 0.15) is 0 Å². The Bertz CT molecular complexity index is 897. The smallest absolute Gasteiger partial charge is 0.372 e. The SMILES string of the molecule is CN1Cc2c(Cl)cc(Cl)cc2C(c2ccc(N3CCCCC3)cc2)C1.O=CC(F)(F)F. The summed E-state index contributed by atoms with van der Waals surface area (Å²) >= 11 is 12.8. The molecule has 2 aliphatic rings. The van der Waals surface area contributed by atoms with E-state index in [-0.39, 0.29) is 0 Å².